The zero-order valence-electron chi connectivity index (χ0n) is 10.3. The molecule has 1 N–H and O–H groups in total. The molecule has 0 saturated heterocycles. The van der Waals surface area contributed by atoms with Gasteiger partial charge in [0.15, 0.2) is 5.82 Å². The van der Waals surface area contributed by atoms with E-state index in [-0.39, 0.29) is 0 Å². The van der Waals surface area contributed by atoms with Crippen LogP contribution in [-0.4, -0.2) is 43.9 Å². The monoisotopic (exact) mass is 269 g/mol. The van der Waals surface area contributed by atoms with E-state index in [2.05, 4.69) is 31.0 Å². The second-order valence-corrected chi connectivity index (χ2v) is 4.48. The van der Waals surface area contributed by atoms with Crippen molar-refractivity contribution in [1.29, 1.82) is 0 Å². The maximum absolute atomic E-state index is 5.10. The number of hydrogen-bond donors (Lipinski definition) is 1. The minimum Gasteiger partial charge on any atom is -0.338 e. The normalized spacial score (nSPS) is 11.0. The number of aryl methyl sites for hydroxylation is 1. The molecule has 98 valence electrons. The summed E-state index contributed by atoms with van der Waals surface area (Å²) in [4.78, 5) is 4.23. The van der Waals surface area contributed by atoms with Crippen molar-refractivity contribution in [2.45, 2.75) is 30.8 Å². The molecule has 0 saturated carbocycles. The van der Waals surface area contributed by atoms with Crippen LogP contribution in [0.1, 0.15) is 18.6 Å². The van der Waals surface area contributed by atoms with Gasteiger partial charge in [0.25, 0.3) is 0 Å². The van der Waals surface area contributed by atoms with Gasteiger partial charge >= 0.3 is 0 Å². The standard InChI is InChI=1S/C9H15N7OS/c1-3-7-11-8(17-13-7)6-18-9-12-14-15-16(9)5-4-10-2/h10H,3-6H2,1-2H3. The summed E-state index contributed by atoms with van der Waals surface area (Å²) in [6.45, 7) is 3.54. The summed E-state index contributed by atoms with van der Waals surface area (Å²) in [6.07, 6.45) is 0.772. The number of aromatic nitrogens is 6. The van der Waals surface area contributed by atoms with Crippen LogP contribution < -0.4 is 5.32 Å². The van der Waals surface area contributed by atoms with Crippen LogP contribution in [-0.2, 0) is 18.7 Å². The number of rotatable bonds is 7. The summed E-state index contributed by atoms with van der Waals surface area (Å²) in [5.41, 5.74) is 0. The summed E-state index contributed by atoms with van der Waals surface area (Å²) in [6, 6.07) is 0. The highest BCUT2D eigenvalue weighted by molar-refractivity contribution is 7.98. The van der Waals surface area contributed by atoms with Crippen LogP contribution >= 0.6 is 11.8 Å². The third kappa shape index (κ3) is 3.26. The SMILES string of the molecule is CCc1noc(CSc2nnnn2CCNC)n1. The van der Waals surface area contributed by atoms with Crippen molar-refractivity contribution >= 4 is 11.8 Å². The van der Waals surface area contributed by atoms with Crippen molar-refractivity contribution in [3.63, 3.8) is 0 Å². The molecule has 0 aromatic carbocycles. The molecule has 2 rings (SSSR count). The van der Waals surface area contributed by atoms with E-state index in [4.69, 9.17) is 4.52 Å². The van der Waals surface area contributed by atoms with Crippen molar-refractivity contribution in [2.75, 3.05) is 13.6 Å². The molecule has 0 bridgehead atoms. The third-order valence-corrected chi connectivity index (χ3v) is 3.17. The van der Waals surface area contributed by atoms with Crippen LogP contribution in [0.5, 0.6) is 0 Å². The van der Waals surface area contributed by atoms with Crippen LogP contribution in [0.25, 0.3) is 0 Å². The smallest absolute Gasteiger partial charge is 0.237 e. The Labute approximate surface area is 109 Å². The lowest BCUT2D eigenvalue weighted by atomic mass is 10.5. The van der Waals surface area contributed by atoms with Crippen LogP contribution in [0.3, 0.4) is 0 Å². The van der Waals surface area contributed by atoms with E-state index in [0.29, 0.717) is 11.6 Å². The fourth-order valence-electron chi connectivity index (χ4n) is 1.28. The van der Waals surface area contributed by atoms with E-state index in [9.17, 15) is 0 Å². The van der Waals surface area contributed by atoms with Gasteiger partial charge in [-0.05, 0) is 17.5 Å². The minimum atomic E-state index is 0.576. The van der Waals surface area contributed by atoms with E-state index in [0.717, 1.165) is 30.5 Å². The average molecular weight is 269 g/mol. The highest BCUT2D eigenvalue weighted by Gasteiger charge is 2.10. The molecule has 0 aliphatic rings. The van der Waals surface area contributed by atoms with Crippen molar-refractivity contribution < 1.29 is 4.52 Å². The van der Waals surface area contributed by atoms with E-state index in [1.165, 1.54) is 11.8 Å². The molecule has 0 aliphatic carbocycles. The molecule has 2 aromatic rings. The highest BCUT2D eigenvalue weighted by Crippen LogP contribution is 2.18. The zero-order valence-corrected chi connectivity index (χ0v) is 11.1. The first-order valence-electron chi connectivity index (χ1n) is 5.68. The summed E-state index contributed by atoms with van der Waals surface area (Å²) < 4.78 is 6.85. The Morgan fingerprint density at radius 2 is 2.33 bits per heavy atom. The predicted octanol–water partition coefficient (Wildman–Crippen LogP) is 0.130. The Balaban J connectivity index is 1.91. The Hall–Kier alpha value is -1.48. The maximum atomic E-state index is 5.10. The molecule has 8 nitrogen and oxygen atoms in total. The zero-order chi connectivity index (χ0) is 12.8. The van der Waals surface area contributed by atoms with Crippen LogP contribution in [0.4, 0.5) is 0 Å². The van der Waals surface area contributed by atoms with Crippen LogP contribution in [0, 0.1) is 0 Å². The van der Waals surface area contributed by atoms with Gasteiger partial charge in [-0.1, -0.05) is 23.8 Å². The Bertz CT molecular complexity index is 483. The second-order valence-electron chi connectivity index (χ2n) is 3.53. The molecule has 0 spiro atoms. The Morgan fingerprint density at radius 3 is 3.06 bits per heavy atom. The van der Waals surface area contributed by atoms with Gasteiger partial charge in [-0.25, -0.2) is 4.68 Å². The molecule has 0 unspecified atom stereocenters. The van der Waals surface area contributed by atoms with Gasteiger partial charge in [-0.2, -0.15) is 4.98 Å². The number of likely N-dealkylation sites (N-methyl/N-ethyl adjacent to an activating group) is 1. The Morgan fingerprint density at radius 1 is 1.44 bits per heavy atom. The largest absolute Gasteiger partial charge is 0.338 e. The molecular formula is C9H15N7OS. The molecule has 0 atom stereocenters. The highest BCUT2D eigenvalue weighted by atomic mass is 32.2. The summed E-state index contributed by atoms with van der Waals surface area (Å²) in [7, 11) is 1.89. The van der Waals surface area contributed by atoms with Crippen molar-refractivity contribution in [2.24, 2.45) is 0 Å². The lowest BCUT2D eigenvalue weighted by Crippen LogP contribution is -2.16. The van der Waals surface area contributed by atoms with Gasteiger partial charge in [-0.15, -0.1) is 5.10 Å². The van der Waals surface area contributed by atoms with Gasteiger partial charge in [0.2, 0.25) is 11.0 Å². The lowest BCUT2D eigenvalue weighted by Gasteiger charge is -2.01. The Kier molecular flexibility index (Phi) is 4.65. The molecule has 0 radical (unpaired) electrons. The van der Waals surface area contributed by atoms with E-state index >= 15 is 0 Å². The van der Waals surface area contributed by atoms with Gasteiger partial charge in [-0.3, -0.25) is 0 Å². The van der Waals surface area contributed by atoms with Gasteiger partial charge < -0.3 is 9.84 Å². The van der Waals surface area contributed by atoms with Crippen molar-refractivity contribution in [1.82, 2.24) is 35.7 Å². The molecule has 0 amide bonds. The molecule has 9 heteroatoms. The van der Waals surface area contributed by atoms with Crippen molar-refractivity contribution in [3.05, 3.63) is 11.7 Å². The molecule has 0 fully saturated rings. The average Bonchev–Trinajstić information content (AvgIpc) is 3.02. The van der Waals surface area contributed by atoms with E-state index < -0.39 is 0 Å². The number of thioether (sulfide) groups is 1. The fourth-order valence-corrected chi connectivity index (χ4v) is 2.02. The van der Waals surface area contributed by atoms with Crippen LogP contribution in [0.15, 0.2) is 9.68 Å². The molecule has 2 heterocycles. The van der Waals surface area contributed by atoms with Gasteiger partial charge in [0, 0.05) is 13.0 Å². The van der Waals surface area contributed by atoms with Gasteiger partial charge in [0.05, 0.1) is 12.3 Å². The molecule has 0 aliphatic heterocycles. The first-order valence-corrected chi connectivity index (χ1v) is 6.67. The summed E-state index contributed by atoms with van der Waals surface area (Å²) in [5.74, 6) is 1.90. The third-order valence-electron chi connectivity index (χ3n) is 2.22. The summed E-state index contributed by atoms with van der Waals surface area (Å²) >= 11 is 1.48. The van der Waals surface area contributed by atoms with Crippen molar-refractivity contribution in [3.8, 4) is 0 Å². The number of hydrogen-bond acceptors (Lipinski definition) is 8. The first-order chi connectivity index (χ1) is 8.83. The van der Waals surface area contributed by atoms with Crippen LogP contribution in [0.2, 0.25) is 0 Å². The number of tetrazole rings is 1. The fraction of sp³-hybridized carbons (Fsp3) is 0.667. The molecule has 18 heavy (non-hydrogen) atoms. The predicted molar refractivity (Wildman–Crippen MR) is 65.0 cm³/mol. The van der Waals surface area contributed by atoms with Gasteiger partial charge in [0.1, 0.15) is 0 Å². The topological polar surface area (TPSA) is 94.5 Å². The maximum Gasteiger partial charge on any atom is 0.237 e. The molecule has 2 aromatic heterocycles. The quantitative estimate of drug-likeness (QED) is 0.709. The van der Waals surface area contributed by atoms with E-state index in [1.54, 1.807) is 4.68 Å². The summed E-state index contributed by atoms with van der Waals surface area (Å²) in [5, 5.41) is 19.2. The number of nitrogens with zero attached hydrogens (tertiary/aromatic N) is 6. The van der Waals surface area contributed by atoms with E-state index in [1.807, 2.05) is 14.0 Å². The first kappa shape index (κ1) is 13.0. The number of nitrogens with one attached hydrogen (secondary N) is 1. The second kappa shape index (κ2) is 6.45. The minimum absolute atomic E-state index is 0.576. The lowest BCUT2D eigenvalue weighted by molar-refractivity contribution is 0.385. The molecular weight excluding hydrogens is 254 g/mol.